The summed E-state index contributed by atoms with van der Waals surface area (Å²) in [5, 5.41) is 13.7. The molecule has 0 amide bonds. The molecule has 0 aliphatic carbocycles. The molecule has 4 nitrogen and oxygen atoms in total. The molecule has 2 aromatic rings. The van der Waals surface area contributed by atoms with E-state index in [2.05, 4.69) is 25.2 Å². The van der Waals surface area contributed by atoms with Gasteiger partial charge in [-0.1, -0.05) is 74.0 Å². The second-order valence-electron chi connectivity index (χ2n) is 10.1. The normalized spacial score (nSPS) is 16.5. The van der Waals surface area contributed by atoms with Gasteiger partial charge in [-0.15, -0.1) is 0 Å². The zero-order chi connectivity index (χ0) is 24.2. The maximum Gasteiger partial charge on any atom is 0.337 e. The summed E-state index contributed by atoms with van der Waals surface area (Å²) in [5.41, 5.74) is 5.29. The van der Waals surface area contributed by atoms with Crippen LogP contribution in [0.25, 0.3) is 0 Å². The summed E-state index contributed by atoms with van der Waals surface area (Å²) in [6, 6.07) is 20.6. The number of carbonyl (C=O) groups excluding carboxylic acids is 1. The van der Waals surface area contributed by atoms with Crippen LogP contribution in [0.15, 0.2) is 77.1 Å². The maximum absolute atomic E-state index is 13.6. The van der Waals surface area contributed by atoms with Gasteiger partial charge in [0.15, 0.2) is 0 Å². The molecular weight excluding hydrogens is 408 g/mol. The van der Waals surface area contributed by atoms with Crippen molar-refractivity contribution in [2.24, 2.45) is 5.92 Å². The van der Waals surface area contributed by atoms with Crippen LogP contribution in [0.1, 0.15) is 63.6 Å². The first-order chi connectivity index (χ1) is 15.6. The van der Waals surface area contributed by atoms with Gasteiger partial charge in [0, 0.05) is 17.8 Å². The van der Waals surface area contributed by atoms with E-state index in [9.17, 15) is 10.1 Å². The summed E-state index contributed by atoms with van der Waals surface area (Å²) in [6.45, 7) is 11.9. The van der Waals surface area contributed by atoms with Gasteiger partial charge in [-0.3, -0.25) is 0 Å². The van der Waals surface area contributed by atoms with Crippen molar-refractivity contribution in [3.8, 4) is 6.07 Å². The number of esters is 1. The Morgan fingerprint density at radius 1 is 1.06 bits per heavy atom. The number of carbonyl (C=O) groups is 1. The van der Waals surface area contributed by atoms with Crippen molar-refractivity contribution in [3.63, 3.8) is 0 Å². The van der Waals surface area contributed by atoms with E-state index in [1.807, 2.05) is 82.3 Å². The molecule has 3 rings (SSSR count). The minimum Gasteiger partial charge on any atom is -0.457 e. The van der Waals surface area contributed by atoms with Gasteiger partial charge in [-0.05, 0) is 51.2 Å². The highest BCUT2D eigenvalue weighted by Gasteiger charge is 2.37. The molecule has 0 saturated carbocycles. The largest absolute Gasteiger partial charge is 0.457 e. The molecule has 0 bridgehead atoms. The Morgan fingerprint density at radius 2 is 1.70 bits per heavy atom. The van der Waals surface area contributed by atoms with Gasteiger partial charge < -0.3 is 10.1 Å². The van der Waals surface area contributed by atoms with Crippen LogP contribution in [-0.4, -0.2) is 11.6 Å². The molecule has 1 heterocycles. The van der Waals surface area contributed by atoms with Crippen LogP contribution in [0.5, 0.6) is 0 Å². The fourth-order valence-corrected chi connectivity index (χ4v) is 4.12. The average Bonchev–Trinajstić information content (AvgIpc) is 2.73. The van der Waals surface area contributed by atoms with Gasteiger partial charge in [0.25, 0.3) is 0 Å². The van der Waals surface area contributed by atoms with Crippen molar-refractivity contribution in [1.82, 2.24) is 5.32 Å². The Kier molecular flexibility index (Phi) is 7.43. The van der Waals surface area contributed by atoms with E-state index < -0.39 is 11.5 Å². The monoisotopic (exact) mass is 442 g/mol. The van der Waals surface area contributed by atoms with Crippen molar-refractivity contribution < 1.29 is 9.53 Å². The van der Waals surface area contributed by atoms with E-state index in [0.29, 0.717) is 23.5 Å². The lowest BCUT2D eigenvalue weighted by Gasteiger charge is -2.33. The fourth-order valence-electron chi connectivity index (χ4n) is 4.12. The standard InChI is InChI=1S/C29H34N2O2/c1-19(2)16-24-23(18-30)26(22-14-12-20(3)13-15-22)27(28(32)33-29(4,5)6)25(31-24)17-21-10-8-7-9-11-21/h7-15,19,26,31H,16-17H2,1-6H3. The Labute approximate surface area is 198 Å². The number of nitrogens with zero attached hydrogens (tertiary/aromatic N) is 1. The molecule has 1 N–H and O–H groups in total. The van der Waals surface area contributed by atoms with Gasteiger partial charge in [0.1, 0.15) is 5.60 Å². The van der Waals surface area contributed by atoms with E-state index >= 15 is 0 Å². The molecule has 0 spiro atoms. The Morgan fingerprint density at radius 3 is 2.24 bits per heavy atom. The third kappa shape index (κ3) is 6.14. The zero-order valence-corrected chi connectivity index (χ0v) is 20.5. The molecule has 0 saturated heterocycles. The quantitative estimate of drug-likeness (QED) is 0.530. The van der Waals surface area contributed by atoms with Crippen molar-refractivity contribution >= 4 is 5.97 Å². The molecule has 172 valence electrons. The SMILES string of the molecule is Cc1ccc(C2C(C#N)=C(CC(C)C)NC(Cc3ccccc3)=C2C(=O)OC(C)(C)C)cc1. The lowest BCUT2D eigenvalue weighted by Crippen LogP contribution is -2.34. The highest BCUT2D eigenvalue weighted by atomic mass is 16.6. The highest BCUT2D eigenvalue weighted by molar-refractivity contribution is 5.93. The Balaban J connectivity index is 2.23. The molecule has 33 heavy (non-hydrogen) atoms. The van der Waals surface area contributed by atoms with Gasteiger partial charge in [0.05, 0.1) is 23.1 Å². The molecule has 0 aromatic heterocycles. The number of hydrogen-bond acceptors (Lipinski definition) is 4. The smallest absolute Gasteiger partial charge is 0.337 e. The number of benzene rings is 2. The second kappa shape index (κ2) is 10.1. The molecular formula is C29H34N2O2. The van der Waals surface area contributed by atoms with Crippen LogP contribution < -0.4 is 5.32 Å². The van der Waals surface area contributed by atoms with Crippen LogP contribution >= 0.6 is 0 Å². The van der Waals surface area contributed by atoms with E-state index in [4.69, 9.17) is 4.74 Å². The number of dihydropyridines is 1. The fraction of sp³-hybridized carbons (Fsp3) is 0.379. The van der Waals surface area contributed by atoms with Gasteiger partial charge in [0.2, 0.25) is 0 Å². The summed E-state index contributed by atoms with van der Waals surface area (Å²) in [4.78, 5) is 13.6. The molecule has 4 heteroatoms. The number of aryl methyl sites for hydroxylation is 1. The molecule has 2 aromatic carbocycles. The van der Waals surface area contributed by atoms with Crippen LogP contribution in [0.2, 0.25) is 0 Å². The zero-order valence-electron chi connectivity index (χ0n) is 20.5. The Bertz CT molecular complexity index is 1100. The molecule has 0 radical (unpaired) electrons. The first-order valence-electron chi connectivity index (χ1n) is 11.6. The molecule has 0 fully saturated rings. The van der Waals surface area contributed by atoms with Crippen LogP contribution in [0, 0.1) is 24.2 Å². The summed E-state index contributed by atoms with van der Waals surface area (Å²) in [5.74, 6) is -0.502. The van der Waals surface area contributed by atoms with Crippen molar-refractivity contribution in [1.29, 1.82) is 5.26 Å². The third-order valence-electron chi connectivity index (χ3n) is 5.52. The molecule has 1 aliphatic rings. The number of hydrogen-bond donors (Lipinski definition) is 1. The summed E-state index contributed by atoms with van der Waals surface area (Å²) in [6.07, 6.45) is 1.28. The van der Waals surface area contributed by atoms with Gasteiger partial charge in [-0.25, -0.2) is 4.79 Å². The van der Waals surface area contributed by atoms with Crippen LogP contribution in [0.4, 0.5) is 0 Å². The summed E-state index contributed by atoms with van der Waals surface area (Å²) < 4.78 is 5.86. The third-order valence-corrected chi connectivity index (χ3v) is 5.52. The van der Waals surface area contributed by atoms with Gasteiger partial charge >= 0.3 is 5.97 Å². The predicted molar refractivity (Wildman–Crippen MR) is 132 cm³/mol. The predicted octanol–water partition coefficient (Wildman–Crippen LogP) is 6.34. The topological polar surface area (TPSA) is 62.1 Å². The lowest BCUT2D eigenvalue weighted by molar-refractivity contribution is -0.150. The summed E-state index contributed by atoms with van der Waals surface area (Å²) in [7, 11) is 0. The first-order valence-corrected chi connectivity index (χ1v) is 11.6. The van der Waals surface area contributed by atoms with Crippen molar-refractivity contribution in [2.75, 3.05) is 0 Å². The number of nitrogens with one attached hydrogen (secondary N) is 1. The second-order valence-corrected chi connectivity index (χ2v) is 10.1. The minimum atomic E-state index is -0.644. The van der Waals surface area contributed by atoms with Crippen LogP contribution in [-0.2, 0) is 16.0 Å². The number of ether oxygens (including phenoxy) is 1. The van der Waals surface area contributed by atoms with Gasteiger partial charge in [-0.2, -0.15) is 5.26 Å². The highest BCUT2D eigenvalue weighted by Crippen LogP contribution is 2.41. The minimum absolute atomic E-state index is 0.357. The molecule has 1 unspecified atom stereocenters. The van der Waals surface area contributed by atoms with E-state index in [1.165, 1.54) is 0 Å². The Hall–Kier alpha value is -3.32. The van der Waals surface area contributed by atoms with Crippen molar-refractivity contribution in [3.05, 3.63) is 93.8 Å². The van der Waals surface area contributed by atoms with E-state index in [0.717, 1.165) is 34.5 Å². The van der Waals surface area contributed by atoms with E-state index in [1.54, 1.807) is 0 Å². The molecule has 1 aliphatic heterocycles. The maximum atomic E-state index is 13.6. The van der Waals surface area contributed by atoms with Crippen LogP contribution in [0.3, 0.4) is 0 Å². The van der Waals surface area contributed by atoms with Crippen molar-refractivity contribution in [2.45, 2.75) is 65.9 Å². The average molecular weight is 443 g/mol. The number of nitriles is 1. The first kappa shape index (κ1) is 24.3. The number of allylic oxidation sites excluding steroid dienone is 3. The number of rotatable bonds is 6. The molecule has 1 atom stereocenters. The summed E-state index contributed by atoms with van der Waals surface area (Å²) >= 11 is 0. The van der Waals surface area contributed by atoms with E-state index in [-0.39, 0.29) is 5.97 Å². The lowest BCUT2D eigenvalue weighted by atomic mass is 9.78.